The summed E-state index contributed by atoms with van der Waals surface area (Å²) < 4.78 is 39.9. The highest BCUT2D eigenvalue weighted by Crippen LogP contribution is 2.21. The average Bonchev–Trinajstić information content (AvgIpc) is 2.94. The fourth-order valence-electron chi connectivity index (χ4n) is 1.70. The van der Waals surface area contributed by atoms with Crippen LogP contribution in [0.2, 0.25) is 0 Å². The zero-order valence-electron chi connectivity index (χ0n) is 11.6. The topological polar surface area (TPSA) is 58.2 Å². The molecule has 1 aromatic heterocycles. The van der Waals surface area contributed by atoms with E-state index in [2.05, 4.69) is 10.0 Å². The van der Waals surface area contributed by atoms with Crippen LogP contribution in [-0.2, 0) is 23.1 Å². The minimum Gasteiger partial charge on any atom is -0.312 e. The van der Waals surface area contributed by atoms with E-state index in [0.717, 1.165) is 11.4 Å². The Morgan fingerprint density at radius 1 is 1.10 bits per heavy atom. The van der Waals surface area contributed by atoms with Crippen molar-refractivity contribution in [2.24, 2.45) is 0 Å². The maximum Gasteiger partial charge on any atom is 0.250 e. The summed E-state index contributed by atoms with van der Waals surface area (Å²) >= 11 is 1.24. The molecule has 2 N–H and O–H groups in total. The van der Waals surface area contributed by atoms with Crippen LogP contribution in [0.3, 0.4) is 0 Å². The van der Waals surface area contributed by atoms with E-state index >= 15 is 0 Å². The van der Waals surface area contributed by atoms with Crippen molar-refractivity contribution in [2.75, 3.05) is 6.54 Å². The predicted molar refractivity (Wildman–Crippen MR) is 82.1 cm³/mol. The Bertz CT molecular complexity index is 681. The van der Waals surface area contributed by atoms with Crippen LogP contribution in [0.15, 0.2) is 40.6 Å². The zero-order chi connectivity index (χ0) is 15.3. The van der Waals surface area contributed by atoms with Crippen molar-refractivity contribution < 1.29 is 12.8 Å². The van der Waals surface area contributed by atoms with Crippen molar-refractivity contribution in [3.63, 3.8) is 0 Å². The molecule has 0 aliphatic carbocycles. The number of hydrogen-bond donors (Lipinski definition) is 2. The fourth-order valence-corrected chi connectivity index (χ4v) is 4.09. The third kappa shape index (κ3) is 4.60. The van der Waals surface area contributed by atoms with Gasteiger partial charge in [-0.2, -0.15) is 0 Å². The molecular formula is C14H17FN2O2S2. The molecule has 0 atom stereocenters. The number of benzene rings is 1. The fraction of sp³-hybridized carbons (Fsp3) is 0.286. The van der Waals surface area contributed by atoms with Crippen LogP contribution in [0, 0.1) is 5.82 Å². The maximum absolute atomic E-state index is 12.8. The molecule has 0 radical (unpaired) electrons. The molecule has 0 saturated carbocycles. The quantitative estimate of drug-likeness (QED) is 0.821. The van der Waals surface area contributed by atoms with Crippen LogP contribution in [0.1, 0.15) is 17.4 Å². The lowest BCUT2D eigenvalue weighted by molar-refractivity contribution is 0.583. The van der Waals surface area contributed by atoms with Gasteiger partial charge >= 0.3 is 0 Å². The van der Waals surface area contributed by atoms with Crippen LogP contribution < -0.4 is 10.0 Å². The van der Waals surface area contributed by atoms with Crippen molar-refractivity contribution >= 4 is 21.4 Å². The predicted octanol–water partition coefficient (Wildman–Crippen LogP) is 2.48. The average molecular weight is 328 g/mol. The lowest BCUT2D eigenvalue weighted by Gasteiger charge is -2.05. The van der Waals surface area contributed by atoms with Crippen LogP contribution in [0.25, 0.3) is 0 Å². The van der Waals surface area contributed by atoms with E-state index in [1.807, 2.05) is 6.92 Å². The van der Waals surface area contributed by atoms with Crippen LogP contribution in [0.5, 0.6) is 0 Å². The monoisotopic (exact) mass is 328 g/mol. The highest BCUT2D eigenvalue weighted by Gasteiger charge is 2.16. The second kappa shape index (κ2) is 7.13. The van der Waals surface area contributed by atoms with Crippen molar-refractivity contribution in [1.82, 2.24) is 10.0 Å². The Kier molecular flexibility index (Phi) is 5.46. The Morgan fingerprint density at radius 3 is 2.48 bits per heavy atom. The molecule has 4 nitrogen and oxygen atoms in total. The van der Waals surface area contributed by atoms with Gasteiger partial charge in [0, 0.05) is 18.0 Å². The number of hydrogen-bond acceptors (Lipinski definition) is 4. The van der Waals surface area contributed by atoms with Gasteiger partial charge in [0.05, 0.1) is 0 Å². The third-order valence-corrected chi connectivity index (χ3v) is 5.81. The van der Waals surface area contributed by atoms with E-state index in [4.69, 9.17) is 0 Å². The molecule has 0 saturated heterocycles. The second-order valence-electron chi connectivity index (χ2n) is 4.45. The smallest absolute Gasteiger partial charge is 0.250 e. The first-order chi connectivity index (χ1) is 10.0. The minimum atomic E-state index is -3.53. The van der Waals surface area contributed by atoms with Crippen molar-refractivity contribution in [3.05, 3.63) is 52.7 Å². The molecule has 2 rings (SSSR count). The van der Waals surface area contributed by atoms with Gasteiger partial charge in [0.1, 0.15) is 10.0 Å². The third-order valence-electron chi connectivity index (χ3n) is 2.83. The summed E-state index contributed by atoms with van der Waals surface area (Å²) in [6.45, 7) is 3.63. The summed E-state index contributed by atoms with van der Waals surface area (Å²) in [5.41, 5.74) is 0.712. The Morgan fingerprint density at radius 2 is 1.81 bits per heavy atom. The molecule has 0 bridgehead atoms. The van der Waals surface area contributed by atoms with E-state index in [0.29, 0.717) is 12.1 Å². The van der Waals surface area contributed by atoms with Gasteiger partial charge in [-0.25, -0.2) is 17.5 Å². The number of thiophene rings is 1. The summed E-state index contributed by atoms with van der Waals surface area (Å²) in [5.74, 6) is -0.340. The van der Waals surface area contributed by atoms with E-state index < -0.39 is 10.0 Å². The van der Waals surface area contributed by atoms with E-state index in [-0.39, 0.29) is 16.6 Å². The van der Waals surface area contributed by atoms with Crippen LogP contribution >= 0.6 is 11.3 Å². The highest BCUT2D eigenvalue weighted by atomic mass is 32.2. The molecular weight excluding hydrogens is 311 g/mol. The standard InChI is InChI=1S/C14H17FN2O2S2/c1-2-16-10-13-7-8-14(20-13)21(18,19)17-9-11-3-5-12(15)6-4-11/h3-8,16-17H,2,9-10H2,1H3. The highest BCUT2D eigenvalue weighted by molar-refractivity contribution is 7.91. The Labute approximate surface area is 128 Å². The summed E-state index contributed by atoms with van der Waals surface area (Å²) in [6.07, 6.45) is 0. The molecule has 0 unspecified atom stereocenters. The van der Waals surface area contributed by atoms with Crippen molar-refractivity contribution in [3.8, 4) is 0 Å². The van der Waals surface area contributed by atoms with Gasteiger partial charge in [0.25, 0.3) is 0 Å². The molecule has 0 fully saturated rings. The molecule has 0 amide bonds. The number of halogens is 1. The zero-order valence-corrected chi connectivity index (χ0v) is 13.2. The molecule has 0 aliphatic rings. The molecule has 0 aliphatic heterocycles. The molecule has 1 aromatic carbocycles. The molecule has 0 spiro atoms. The molecule has 2 aromatic rings. The summed E-state index contributed by atoms with van der Waals surface area (Å²) in [7, 11) is -3.53. The van der Waals surface area contributed by atoms with Gasteiger partial charge in [0.15, 0.2) is 0 Å². The van der Waals surface area contributed by atoms with Crippen molar-refractivity contribution in [2.45, 2.75) is 24.2 Å². The molecule has 21 heavy (non-hydrogen) atoms. The summed E-state index contributed by atoms with van der Waals surface area (Å²) in [6, 6.07) is 9.14. The minimum absolute atomic E-state index is 0.142. The van der Waals surface area contributed by atoms with E-state index in [1.54, 1.807) is 24.3 Å². The molecule has 114 valence electrons. The SMILES string of the molecule is CCNCc1ccc(S(=O)(=O)NCc2ccc(F)cc2)s1. The van der Waals surface area contributed by atoms with Gasteiger partial charge in [0.2, 0.25) is 10.0 Å². The van der Waals surface area contributed by atoms with Crippen molar-refractivity contribution in [1.29, 1.82) is 0 Å². The Balaban J connectivity index is 2.00. The van der Waals surface area contributed by atoms with Gasteiger partial charge < -0.3 is 5.32 Å². The summed E-state index contributed by atoms with van der Waals surface area (Å²) in [5, 5.41) is 3.15. The first-order valence-electron chi connectivity index (χ1n) is 6.55. The van der Waals surface area contributed by atoms with E-state index in [9.17, 15) is 12.8 Å². The van der Waals surface area contributed by atoms with Gasteiger partial charge in [-0.05, 0) is 36.4 Å². The van der Waals surface area contributed by atoms with Crippen LogP contribution in [-0.4, -0.2) is 15.0 Å². The van der Waals surface area contributed by atoms with Gasteiger partial charge in [-0.15, -0.1) is 11.3 Å². The first-order valence-corrected chi connectivity index (χ1v) is 8.85. The normalized spacial score (nSPS) is 11.7. The Hall–Kier alpha value is -1.28. The lowest BCUT2D eigenvalue weighted by atomic mass is 10.2. The largest absolute Gasteiger partial charge is 0.312 e. The summed E-state index contributed by atoms with van der Waals surface area (Å²) in [4.78, 5) is 0.971. The molecule has 1 heterocycles. The van der Waals surface area contributed by atoms with Gasteiger partial charge in [-0.1, -0.05) is 19.1 Å². The number of rotatable bonds is 7. The van der Waals surface area contributed by atoms with E-state index in [1.165, 1.54) is 23.5 Å². The first kappa shape index (κ1) is 16.1. The maximum atomic E-state index is 12.8. The lowest BCUT2D eigenvalue weighted by Crippen LogP contribution is -2.22. The molecule has 7 heteroatoms. The van der Waals surface area contributed by atoms with Gasteiger partial charge in [-0.3, -0.25) is 0 Å². The second-order valence-corrected chi connectivity index (χ2v) is 7.61. The van der Waals surface area contributed by atoms with Crippen LogP contribution in [0.4, 0.5) is 4.39 Å². The number of nitrogens with one attached hydrogen (secondary N) is 2. The number of sulfonamides is 1.